The lowest BCUT2D eigenvalue weighted by molar-refractivity contribution is 0.0941. The van der Waals surface area contributed by atoms with Crippen LogP contribution in [0.4, 0.5) is 0 Å². The summed E-state index contributed by atoms with van der Waals surface area (Å²) in [5.41, 5.74) is 1.33. The second-order valence-electron chi connectivity index (χ2n) is 5.64. The smallest absolute Gasteiger partial charge is 0.271 e. The Labute approximate surface area is 136 Å². The van der Waals surface area contributed by atoms with Gasteiger partial charge in [-0.1, -0.05) is 12.1 Å². The number of aromatic nitrogens is 2. The molecule has 124 valence electrons. The highest BCUT2D eigenvalue weighted by Gasteiger charge is 2.15. The summed E-state index contributed by atoms with van der Waals surface area (Å²) in [6.07, 6.45) is 1.78. The van der Waals surface area contributed by atoms with Crippen molar-refractivity contribution in [3.05, 3.63) is 47.8 Å². The molecule has 1 amide bonds. The van der Waals surface area contributed by atoms with Crippen LogP contribution < -0.4 is 10.1 Å². The van der Waals surface area contributed by atoms with Gasteiger partial charge in [0, 0.05) is 24.7 Å². The number of aliphatic hydroxyl groups excluding tert-OH is 1. The third kappa shape index (κ3) is 4.32. The van der Waals surface area contributed by atoms with Crippen LogP contribution in [0.2, 0.25) is 0 Å². The first-order chi connectivity index (χ1) is 11.0. The minimum absolute atomic E-state index is 0.0486. The number of hydrogen-bond donors (Lipinski definition) is 2. The zero-order chi connectivity index (χ0) is 16.8. The van der Waals surface area contributed by atoms with E-state index in [1.54, 1.807) is 24.1 Å². The average Bonchev–Trinajstić information content (AvgIpc) is 3.06. The van der Waals surface area contributed by atoms with Crippen molar-refractivity contribution in [2.24, 2.45) is 0 Å². The molecule has 6 nitrogen and oxygen atoms in total. The number of nitrogens with zero attached hydrogens (tertiary/aromatic N) is 2. The van der Waals surface area contributed by atoms with Gasteiger partial charge in [0.05, 0.1) is 13.7 Å². The molecular weight excluding hydrogens is 294 g/mol. The number of hydrogen-bond acceptors (Lipinski definition) is 4. The number of benzene rings is 1. The van der Waals surface area contributed by atoms with Crippen molar-refractivity contribution >= 4 is 5.91 Å². The van der Waals surface area contributed by atoms with Crippen LogP contribution in [0.3, 0.4) is 0 Å². The molecule has 23 heavy (non-hydrogen) atoms. The lowest BCUT2D eigenvalue weighted by Gasteiger charge is -2.15. The van der Waals surface area contributed by atoms with E-state index < -0.39 is 0 Å². The molecule has 6 heteroatoms. The molecule has 2 N–H and O–H groups in total. The van der Waals surface area contributed by atoms with Crippen LogP contribution in [0, 0.1) is 0 Å². The molecule has 1 aromatic heterocycles. The first-order valence-corrected chi connectivity index (χ1v) is 7.63. The second kappa shape index (κ2) is 7.78. The van der Waals surface area contributed by atoms with Gasteiger partial charge in [0.15, 0.2) is 0 Å². The van der Waals surface area contributed by atoms with E-state index in [0.717, 1.165) is 11.3 Å². The van der Waals surface area contributed by atoms with Gasteiger partial charge < -0.3 is 15.2 Å². The fraction of sp³-hybridized carbons (Fsp3) is 0.412. The molecular formula is C17H23N3O3. The zero-order valence-corrected chi connectivity index (χ0v) is 13.7. The molecule has 1 heterocycles. The number of aliphatic hydroxyl groups is 1. The summed E-state index contributed by atoms with van der Waals surface area (Å²) in [7, 11) is 1.61. The molecule has 0 bridgehead atoms. The normalized spacial score (nSPS) is 12.2. The molecule has 0 aliphatic heterocycles. The molecule has 2 aromatic rings. The Hall–Kier alpha value is -2.34. The Morgan fingerprint density at radius 1 is 1.30 bits per heavy atom. The van der Waals surface area contributed by atoms with E-state index in [9.17, 15) is 9.90 Å². The Morgan fingerprint density at radius 3 is 2.52 bits per heavy atom. The Bertz CT molecular complexity index is 635. The quantitative estimate of drug-likeness (QED) is 0.818. The Morgan fingerprint density at radius 2 is 2.00 bits per heavy atom. The molecule has 0 saturated heterocycles. The van der Waals surface area contributed by atoms with Crippen molar-refractivity contribution in [1.82, 2.24) is 15.1 Å². The molecule has 0 aliphatic rings. The summed E-state index contributed by atoms with van der Waals surface area (Å²) in [6.45, 7) is 4.30. The van der Waals surface area contributed by atoms with Crippen LogP contribution in [0.15, 0.2) is 36.5 Å². The van der Waals surface area contributed by atoms with Gasteiger partial charge in [-0.25, -0.2) is 0 Å². The van der Waals surface area contributed by atoms with E-state index >= 15 is 0 Å². The largest absolute Gasteiger partial charge is 0.497 e. The monoisotopic (exact) mass is 317 g/mol. The Balaban J connectivity index is 1.97. The predicted molar refractivity (Wildman–Crippen MR) is 87.8 cm³/mol. The van der Waals surface area contributed by atoms with Crippen molar-refractivity contribution in [1.29, 1.82) is 0 Å². The van der Waals surface area contributed by atoms with Crippen LogP contribution >= 0.6 is 0 Å². The topological polar surface area (TPSA) is 76.4 Å². The molecule has 0 spiro atoms. The molecule has 1 aromatic carbocycles. The van der Waals surface area contributed by atoms with Crippen LogP contribution in [-0.2, 0) is 0 Å². The fourth-order valence-electron chi connectivity index (χ4n) is 2.22. The molecule has 0 saturated carbocycles. The molecule has 0 unspecified atom stereocenters. The molecule has 0 fully saturated rings. The van der Waals surface area contributed by atoms with E-state index in [-0.39, 0.29) is 24.5 Å². The minimum Gasteiger partial charge on any atom is -0.497 e. The fourth-order valence-corrected chi connectivity index (χ4v) is 2.22. The van der Waals surface area contributed by atoms with Crippen molar-refractivity contribution in [2.45, 2.75) is 25.8 Å². The van der Waals surface area contributed by atoms with E-state index in [2.05, 4.69) is 10.4 Å². The lowest BCUT2D eigenvalue weighted by atomic mass is 10.00. The van der Waals surface area contributed by atoms with Crippen molar-refractivity contribution in [3.8, 4) is 5.75 Å². The van der Waals surface area contributed by atoms with Crippen LogP contribution in [0.1, 0.15) is 41.9 Å². The summed E-state index contributed by atoms with van der Waals surface area (Å²) in [5, 5.41) is 16.6. The summed E-state index contributed by atoms with van der Waals surface area (Å²) in [4.78, 5) is 12.1. The highest BCUT2D eigenvalue weighted by Crippen LogP contribution is 2.18. The van der Waals surface area contributed by atoms with Crippen LogP contribution in [0.25, 0.3) is 0 Å². The first kappa shape index (κ1) is 17.0. The summed E-state index contributed by atoms with van der Waals surface area (Å²) >= 11 is 0. The molecule has 2 rings (SSSR count). The van der Waals surface area contributed by atoms with E-state index in [1.165, 1.54) is 0 Å². The van der Waals surface area contributed by atoms with Gasteiger partial charge in [-0.3, -0.25) is 9.48 Å². The first-order valence-electron chi connectivity index (χ1n) is 7.63. The van der Waals surface area contributed by atoms with Gasteiger partial charge in [0.25, 0.3) is 5.91 Å². The molecule has 0 radical (unpaired) electrons. The van der Waals surface area contributed by atoms with Gasteiger partial charge in [-0.2, -0.15) is 5.10 Å². The van der Waals surface area contributed by atoms with Crippen molar-refractivity contribution in [2.75, 3.05) is 20.3 Å². The molecule has 0 aliphatic carbocycles. The lowest BCUT2D eigenvalue weighted by Crippen LogP contribution is -2.30. The third-order valence-corrected chi connectivity index (χ3v) is 3.69. The second-order valence-corrected chi connectivity index (χ2v) is 5.64. The SMILES string of the molecule is COc1ccc([C@H](CO)CNC(=O)c2ccn(C(C)C)n2)cc1. The van der Waals surface area contributed by atoms with Crippen molar-refractivity contribution < 1.29 is 14.6 Å². The number of methoxy groups -OCH3 is 1. The van der Waals surface area contributed by atoms with E-state index in [1.807, 2.05) is 38.1 Å². The third-order valence-electron chi connectivity index (χ3n) is 3.69. The van der Waals surface area contributed by atoms with Gasteiger partial charge >= 0.3 is 0 Å². The Kier molecular flexibility index (Phi) is 5.76. The summed E-state index contributed by atoms with van der Waals surface area (Å²) < 4.78 is 6.86. The van der Waals surface area contributed by atoms with Gasteiger partial charge in [0.2, 0.25) is 0 Å². The number of amides is 1. The average molecular weight is 317 g/mol. The highest BCUT2D eigenvalue weighted by atomic mass is 16.5. The van der Waals surface area contributed by atoms with Crippen molar-refractivity contribution in [3.63, 3.8) is 0 Å². The summed E-state index contributed by atoms with van der Waals surface area (Å²) in [5.74, 6) is 0.349. The predicted octanol–water partition coefficient (Wildman–Crippen LogP) is 1.98. The standard InChI is InChI=1S/C17H23N3O3/c1-12(2)20-9-8-16(19-20)17(22)18-10-14(11-21)13-4-6-15(23-3)7-5-13/h4-9,12,14,21H,10-11H2,1-3H3,(H,18,22)/t14-/m0/s1. The maximum absolute atomic E-state index is 12.1. The van der Waals surface area contributed by atoms with Gasteiger partial charge in [0.1, 0.15) is 11.4 Å². The number of ether oxygens (including phenoxy) is 1. The minimum atomic E-state index is -0.239. The van der Waals surface area contributed by atoms with Crippen LogP contribution in [0.5, 0.6) is 5.75 Å². The van der Waals surface area contributed by atoms with E-state index in [0.29, 0.717) is 12.2 Å². The van der Waals surface area contributed by atoms with Gasteiger partial charge in [-0.05, 0) is 37.6 Å². The van der Waals surface area contributed by atoms with Gasteiger partial charge in [-0.15, -0.1) is 0 Å². The molecule has 1 atom stereocenters. The highest BCUT2D eigenvalue weighted by molar-refractivity contribution is 5.92. The van der Waals surface area contributed by atoms with Crippen LogP contribution in [-0.4, -0.2) is 41.1 Å². The number of nitrogens with one attached hydrogen (secondary N) is 1. The maximum atomic E-state index is 12.1. The summed E-state index contributed by atoms with van der Waals surface area (Å²) in [6, 6.07) is 9.35. The zero-order valence-electron chi connectivity index (χ0n) is 13.7. The number of carbonyl (C=O) groups is 1. The maximum Gasteiger partial charge on any atom is 0.271 e. The van der Waals surface area contributed by atoms with E-state index in [4.69, 9.17) is 4.74 Å². The number of carbonyl (C=O) groups excluding carboxylic acids is 1. The number of rotatable bonds is 7.